The minimum Gasteiger partial charge on any atom is -0.854 e. The van der Waals surface area contributed by atoms with Crippen molar-refractivity contribution in [2.45, 2.75) is 18.2 Å². The van der Waals surface area contributed by atoms with Gasteiger partial charge in [0.05, 0.1) is 36.9 Å². The van der Waals surface area contributed by atoms with Crippen LogP contribution in [0.15, 0.2) is 41.6 Å². The summed E-state index contributed by atoms with van der Waals surface area (Å²) in [7, 11) is 3.00. The quantitative estimate of drug-likeness (QED) is 0.438. The number of carbonyl (C=O) groups excluding carboxylic acids is 1. The molecule has 0 saturated heterocycles. The summed E-state index contributed by atoms with van der Waals surface area (Å²) < 4.78 is 12.6. The summed E-state index contributed by atoms with van der Waals surface area (Å²) in [6.07, 6.45) is 0.936. The van der Waals surface area contributed by atoms with E-state index in [0.717, 1.165) is 0 Å². The first kappa shape index (κ1) is 21.2. The number of nitrogens with zero attached hydrogens (tertiary/aromatic N) is 4. The maximum Gasteiger partial charge on any atom is 0.296 e. The monoisotopic (exact) mass is 458 g/mol. The summed E-state index contributed by atoms with van der Waals surface area (Å²) in [6.45, 7) is 1.46. The molecule has 0 saturated carbocycles. The van der Waals surface area contributed by atoms with Gasteiger partial charge in [-0.25, -0.2) is 9.88 Å². The van der Waals surface area contributed by atoms with Crippen LogP contribution in [-0.4, -0.2) is 36.5 Å². The van der Waals surface area contributed by atoms with Crippen molar-refractivity contribution >= 4 is 35.0 Å². The molecule has 2 heterocycles. The SMILES string of the molecule is COc1cc(Cl)cc(C2N(C(C)=O)c3ccccc3-c3c([O-])nc(SC)n[n+]32)c1OC. The fourth-order valence-corrected chi connectivity index (χ4v) is 4.35. The van der Waals surface area contributed by atoms with Crippen LogP contribution in [0.2, 0.25) is 5.02 Å². The van der Waals surface area contributed by atoms with Crippen LogP contribution in [0.3, 0.4) is 0 Å². The molecule has 0 fully saturated rings. The van der Waals surface area contributed by atoms with Crippen LogP contribution in [0.5, 0.6) is 17.4 Å². The topological polar surface area (TPSA) is 91.5 Å². The third-order valence-corrected chi connectivity index (χ3v) is 5.75. The standard InChI is InChI=1S/C21H19ClN4O4S/c1-11(27)25-15-8-6-5-7-13(15)17-19(28)23-21(31-4)24-26(17)20(25)14-9-12(22)10-16(29-2)18(14)30-3/h5-10,20H,1-4H3. The number of benzene rings is 2. The molecule has 0 aliphatic carbocycles. The second kappa shape index (κ2) is 8.24. The van der Waals surface area contributed by atoms with Gasteiger partial charge in [-0.15, -0.1) is 0 Å². The minimum absolute atomic E-state index is 0.242. The molecule has 0 bridgehead atoms. The van der Waals surface area contributed by atoms with Crippen molar-refractivity contribution in [3.05, 3.63) is 47.0 Å². The fourth-order valence-electron chi connectivity index (χ4n) is 3.79. The van der Waals surface area contributed by atoms with Gasteiger partial charge >= 0.3 is 0 Å². The van der Waals surface area contributed by atoms with Gasteiger partial charge in [0.2, 0.25) is 5.91 Å². The second-order valence-corrected chi connectivity index (χ2v) is 7.92. The zero-order valence-electron chi connectivity index (χ0n) is 17.2. The highest BCUT2D eigenvalue weighted by Gasteiger charge is 2.45. The number of aromatic nitrogens is 3. The number of hydrogen-bond acceptors (Lipinski definition) is 7. The second-order valence-electron chi connectivity index (χ2n) is 6.71. The number of methoxy groups -OCH3 is 2. The minimum atomic E-state index is -0.841. The van der Waals surface area contributed by atoms with Gasteiger partial charge in [0.15, 0.2) is 11.5 Å². The van der Waals surface area contributed by atoms with Crippen molar-refractivity contribution in [3.8, 4) is 28.6 Å². The molecule has 1 aliphatic heterocycles. The average molecular weight is 459 g/mol. The van der Waals surface area contributed by atoms with Crippen LogP contribution < -0.4 is 24.2 Å². The van der Waals surface area contributed by atoms with E-state index in [9.17, 15) is 9.90 Å². The van der Waals surface area contributed by atoms with E-state index >= 15 is 0 Å². The molecule has 4 rings (SSSR count). The zero-order valence-corrected chi connectivity index (χ0v) is 18.8. The molecular weight excluding hydrogens is 440 g/mol. The van der Waals surface area contributed by atoms with E-state index < -0.39 is 12.0 Å². The first-order valence-electron chi connectivity index (χ1n) is 9.26. The first-order chi connectivity index (χ1) is 14.9. The van der Waals surface area contributed by atoms with E-state index in [-0.39, 0.29) is 16.8 Å². The Bertz CT molecular complexity index is 1190. The van der Waals surface area contributed by atoms with E-state index in [4.69, 9.17) is 21.1 Å². The molecular formula is C21H19ClN4O4S. The number of rotatable bonds is 4. The van der Waals surface area contributed by atoms with Crippen molar-refractivity contribution in [2.24, 2.45) is 0 Å². The molecule has 8 nitrogen and oxygen atoms in total. The number of fused-ring (bicyclic) bond motifs is 3. The van der Waals surface area contributed by atoms with Crippen molar-refractivity contribution in [1.29, 1.82) is 0 Å². The van der Waals surface area contributed by atoms with E-state index in [2.05, 4.69) is 10.1 Å². The number of anilines is 1. The fraction of sp³-hybridized carbons (Fsp3) is 0.238. The lowest BCUT2D eigenvalue weighted by Crippen LogP contribution is -2.58. The van der Waals surface area contributed by atoms with Gasteiger partial charge in [-0.1, -0.05) is 40.2 Å². The van der Waals surface area contributed by atoms with Gasteiger partial charge in [0.25, 0.3) is 17.0 Å². The van der Waals surface area contributed by atoms with Gasteiger partial charge < -0.3 is 14.6 Å². The summed E-state index contributed by atoms with van der Waals surface area (Å²) in [6, 6.07) is 10.5. The average Bonchev–Trinajstić information content (AvgIpc) is 2.76. The van der Waals surface area contributed by atoms with E-state index in [1.807, 2.05) is 0 Å². The molecule has 1 unspecified atom stereocenters. The normalized spacial score (nSPS) is 14.6. The maximum absolute atomic E-state index is 13.0. The maximum atomic E-state index is 13.0. The van der Waals surface area contributed by atoms with Gasteiger partial charge in [-0.05, 0) is 24.5 Å². The number of carbonyl (C=O) groups is 1. The van der Waals surface area contributed by atoms with Gasteiger partial charge in [0.1, 0.15) is 0 Å². The Morgan fingerprint density at radius 2 is 2.00 bits per heavy atom. The molecule has 2 aromatic carbocycles. The highest BCUT2D eigenvalue weighted by atomic mass is 35.5. The third kappa shape index (κ3) is 3.43. The highest BCUT2D eigenvalue weighted by molar-refractivity contribution is 7.98. The summed E-state index contributed by atoms with van der Waals surface area (Å²) in [5.74, 6) is 0.107. The molecule has 0 N–H and O–H groups in total. The Kier molecular flexibility index (Phi) is 5.63. The molecule has 1 aromatic heterocycles. The Balaban J connectivity index is 2.13. The lowest BCUT2D eigenvalue weighted by molar-refractivity contribution is -0.764. The van der Waals surface area contributed by atoms with Gasteiger partial charge in [-0.3, -0.25) is 4.79 Å². The van der Waals surface area contributed by atoms with Crippen molar-refractivity contribution in [2.75, 3.05) is 25.4 Å². The predicted octanol–water partition coefficient (Wildman–Crippen LogP) is 2.81. The van der Waals surface area contributed by atoms with Crippen LogP contribution in [0.4, 0.5) is 5.69 Å². The van der Waals surface area contributed by atoms with Crippen LogP contribution >= 0.6 is 23.4 Å². The van der Waals surface area contributed by atoms with Crippen molar-refractivity contribution in [3.63, 3.8) is 0 Å². The zero-order chi connectivity index (χ0) is 22.3. The van der Waals surface area contributed by atoms with Crippen LogP contribution in [-0.2, 0) is 4.79 Å². The molecule has 1 atom stereocenters. The van der Waals surface area contributed by atoms with E-state index in [1.165, 1.54) is 37.6 Å². The molecule has 1 aliphatic rings. The summed E-state index contributed by atoms with van der Waals surface area (Å²) in [5, 5.41) is 18.3. The number of para-hydroxylation sites is 1. The van der Waals surface area contributed by atoms with E-state index in [0.29, 0.717) is 33.3 Å². The smallest absolute Gasteiger partial charge is 0.296 e. The van der Waals surface area contributed by atoms with Crippen LogP contribution in [0.1, 0.15) is 18.7 Å². The molecule has 1 amide bonds. The summed E-state index contributed by atoms with van der Waals surface area (Å²) in [5.41, 5.74) is 1.93. The van der Waals surface area contributed by atoms with Gasteiger partial charge in [0, 0.05) is 23.1 Å². The number of amides is 1. The van der Waals surface area contributed by atoms with Crippen molar-refractivity contribution in [1.82, 2.24) is 10.1 Å². The Morgan fingerprint density at radius 3 is 2.65 bits per heavy atom. The lowest BCUT2D eigenvalue weighted by Gasteiger charge is -2.33. The predicted molar refractivity (Wildman–Crippen MR) is 115 cm³/mol. The molecule has 3 aromatic rings. The molecule has 160 valence electrons. The third-order valence-electron chi connectivity index (χ3n) is 4.99. The molecule has 0 radical (unpaired) electrons. The van der Waals surface area contributed by atoms with Gasteiger partial charge in [-0.2, -0.15) is 0 Å². The number of ether oxygens (including phenoxy) is 2. The van der Waals surface area contributed by atoms with E-state index in [1.54, 1.807) is 47.6 Å². The Morgan fingerprint density at radius 1 is 1.26 bits per heavy atom. The number of hydrogen-bond donors (Lipinski definition) is 0. The van der Waals surface area contributed by atoms with Crippen LogP contribution in [0, 0.1) is 0 Å². The summed E-state index contributed by atoms with van der Waals surface area (Å²) >= 11 is 7.61. The highest BCUT2D eigenvalue weighted by Crippen LogP contribution is 2.45. The largest absolute Gasteiger partial charge is 0.854 e. The number of thioether (sulfide) groups is 1. The van der Waals surface area contributed by atoms with Crippen molar-refractivity contribution < 1.29 is 24.1 Å². The van der Waals surface area contributed by atoms with Crippen LogP contribution in [0.25, 0.3) is 11.3 Å². The molecule has 10 heteroatoms. The summed E-state index contributed by atoms with van der Waals surface area (Å²) in [4.78, 5) is 18.6. The Hall–Kier alpha value is -3.04. The number of halogens is 1. The Labute approximate surface area is 188 Å². The molecule has 0 spiro atoms. The lowest BCUT2D eigenvalue weighted by atomic mass is 10.0. The first-order valence-corrected chi connectivity index (χ1v) is 10.9. The molecule has 31 heavy (non-hydrogen) atoms.